The van der Waals surface area contributed by atoms with Crippen molar-refractivity contribution < 1.29 is 9.53 Å². The van der Waals surface area contributed by atoms with Gasteiger partial charge >= 0.3 is 5.97 Å². The molecular weight excluding hydrogens is 394 g/mol. The van der Waals surface area contributed by atoms with Gasteiger partial charge in [0.25, 0.3) is 0 Å². The van der Waals surface area contributed by atoms with E-state index in [-0.39, 0.29) is 5.97 Å². The third-order valence-electron chi connectivity index (χ3n) is 6.50. The number of esters is 1. The van der Waals surface area contributed by atoms with Gasteiger partial charge in [-0.3, -0.25) is 4.79 Å². The highest BCUT2D eigenvalue weighted by Crippen LogP contribution is 2.17. The molecule has 0 saturated carbocycles. The molecule has 0 spiro atoms. The van der Waals surface area contributed by atoms with E-state index in [9.17, 15) is 4.79 Å². The van der Waals surface area contributed by atoms with E-state index in [1.54, 1.807) is 0 Å². The van der Waals surface area contributed by atoms with Crippen LogP contribution in [0.1, 0.15) is 142 Å². The summed E-state index contributed by atoms with van der Waals surface area (Å²) < 4.78 is 4.95. The van der Waals surface area contributed by atoms with E-state index in [1.807, 2.05) is 6.92 Å². The van der Waals surface area contributed by atoms with Crippen LogP contribution in [0.2, 0.25) is 0 Å². The molecule has 0 aliphatic heterocycles. The third-order valence-corrected chi connectivity index (χ3v) is 6.50. The Hall–Kier alpha value is -0.830. The summed E-state index contributed by atoms with van der Waals surface area (Å²) in [4.78, 5) is 13.7. The molecule has 0 aliphatic carbocycles. The number of rotatable bonds is 24. The molecule has 0 rings (SSSR count). The van der Waals surface area contributed by atoms with Gasteiger partial charge < -0.3 is 9.64 Å². The molecule has 190 valence electrons. The number of carbonyl (C=O) groups excluding carboxylic acids is 1. The molecule has 0 radical (unpaired) electrons. The van der Waals surface area contributed by atoms with Gasteiger partial charge in [-0.1, -0.05) is 96.1 Å². The van der Waals surface area contributed by atoms with E-state index in [0.717, 1.165) is 25.3 Å². The van der Waals surface area contributed by atoms with Crippen LogP contribution in [0.4, 0.5) is 0 Å². The maximum absolute atomic E-state index is 11.3. The Morgan fingerprint density at radius 3 is 1.66 bits per heavy atom. The third kappa shape index (κ3) is 22.4. The summed E-state index contributed by atoms with van der Waals surface area (Å²) in [6, 6.07) is 0.788. The topological polar surface area (TPSA) is 29.5 Å². The van der Waals surface area contributed by atoms with Gasteiger partial charge in [-0.2, -0.15) is 0 Å². The molecule has 0 heterocycles. The zero-order valence-corrected chi connectivity index (χ0v) is 22.3. The maximum atomic E-state index is 11.3. The molecule has 1 unspecified atom stereocenters. The van der Waals surface area contributed by atoms with Crippen LogP contribution >= 0.6 is 0 Å². The summed E-state index contributed by atoms with van der Waals surface area (Å²) in [5.41, 5.74) is 0. The summed E-state index contributed by atoms with van der Waals surface area (Å²) in [6.45, 7) is 4.65. The van der Waals surface area contributed by atoms with Crippen molar-refractivity contribution in [3.63, 3.8) is 0 Å². The highest BCUT2D eigenvalue weighted by Gasteiger charge is 2.10. The van der Waals surface area contributed by atoms with Gasteiger partial charge in [0.05, 0.1) is 6.61 Å². The fraction of sp³-hybridized carbons (Fsp3) is 0.897. The zero-order chi connectivity index (χ0) is 23.7. The molecule has 32 heavy (non-hydrogen) atoms. The molecule has 1 atom stereocenters. The quantitative estimate of drug-likeness (QED) is 0.0833. The normalized spacial score (nSPS) is 12.7. The van der Waals surface area contributed by atoms with Crippen LogP contribution in [-0.2, 0) is 9.53 Å². The monoisotopic (exact) mass is 451 g/mol. The van der Waals surface area contributed by atoms with Crippen LogP contribution in [-0.4, -0.2) is 37.6 Å². The summed E-state index contributed by atoms with van der Waals surface area (Å²) in [5, 5.41) is 0. The molecule has 0 aromatic rings. The Bertz CT molecular complexity index is 419. The van der Waals surface area contributed by atoms with Gasteiger partial charge in [0.1, 0.15) is 0 Å². The number of ether oxygens (including phenoxy) is 1. The molecule has 3 nitrogen and oxygen atoms in total. The lowest BCUT2D eigenvalue weighted by molar-refractivity contribution is -0.143. The maximum Gasteiger partial charge on any atom is 0.305 e. The van der Waals surface area contributed by atoms with Crippen LogP contribution in [0, 0.1) is 0 Å². The number of nitrogens with zero attached hydrogens (tertiary/aromatic N) is 1. The predicted molar refractivity (Wildman–Crippen MR) is 141 cm³/mol. The van der Waals surface area contributed by atoms with Gasteiger partial charge in [-0.15, -0.1) is 0 Å². The first-order chi connectivity index (χ1) is 15.6. The smallest absolute Gasteiger partial charge is 0.305 e. The van der Waals surface area contributed by atoms with Gasteiger partial charge in [0, 0.05) is 12.5 Å². The number of allylic oxidation sites excluding steroid dienone is 2. The fourth-order valence-corrected chi connectivity index (χ4v) is 4.35. The van der Waals surface area contributed by atoms with Crippen LogP contribution in [0.5, 0.6) is 0 Å². The Labute approximate surface area is 201 Å². The van der Waals surface area contributed by atoms with Gasteiger partial charge in [-0.05, 0) is 66.0 Å². The van der Waals surface area contributed by atoms with Crippen molar-refractivity contribution in [2.45, 2.75) is 148 Å². The van der Waals surface area contributed by atoms with Crippen molar-refractivity contribution in [3.05, 3.63) is 12.2 Å². The highest BCUT2D eigenvalue weighted by molar-refractivity contribution is 5.69. The minimum atomic E-state index is -0.0475. The molecule has 0 fully saturated rings. The average molecular weight is 452 g/mol. The van der Waals surface area contributed by atoms with E-state index in [0.29, 0.717) is 13.0 Å². The van der Waals surface area contributed by atoms with Crippen LogP contribution < -0.4 is 0 Å². The molecule has 3 heteroatoms. The summed E-state index contributed by atoms with van der Waals surface area (Å²) in [5.74, 6) is -0.0475. The Morgan fingerprint density at radius 1 is 0.688 bits per heavy atom. The first-order valence-corrected chi connectivity index (χ1v) is 14.1. The van der Waals surface area contributed by atoms with Crippen LogP contribution in [0.15, 0.2) is 12.2 Å². The predicted octanol–water partition coefficient (Wildman–Crippen LogP) is 8.86. The average Bonchev–Trinajstić information content (AvgIpc) is 2.77. The van der Waals surface area contributed by atoms with E-state index in [4.69, 9.17) is 4.74 Å². The second-order valence-corrected chi connectivity index (χ2v) is 9.75. The van der Waals surface area contributed by atoms with Crippen molar-refractivity contribution in [3.8, 4) is 0 Å². The zero-order valence-electron chi connectivity index (χ0n) is 22.3. The lowest BCUT2D eigenvalue weighted by Gasteiger charge is -2.24. The highest BCUT2D eigenvalue weighted by atomic mass is 16.5. The van der Waals surface area contributed by atoms with E-state index in [1.165, 1.54) is 103 Å². The minimum absolute atomic E-state index is 0.0475. The molecular formula is C29H57NO2. The Balaban J connectivity index is 3.45. The van der Waals surface area contributed by atoms with Crippen molar-refractivity contribution in [1.29, 1.82) is 0 Å². The standard InChI is InChI=1S/C29H57NO2/c1-5-7-8-9-19-22-25-28(30(3)4)26-23-20-17-15-13-11-10-12-14-16-18-21-24-27-29(31)32-6-2/h12,14,28H,5-11,13,15-27H2,1-4H3. The van der Waals surface area contributed by atoms with Crippen molar-refractivity contribution in [2.75, 3.05) is 20.7 Å². The van der Waals surface area contributed by atoms with Crippen molar-refractivity contribution >= 4 is 5.97 Å². The number of hydrogen-bond donors (Lipinski definition) is 0. The van der Waals surface area contributed by atoms with Gasteiger partial charge in [-0.25, -0.2) is 0 Å². The lowest BCUT2D eigenvalue weighted by atomic mass is 9.99. The molecule has 0 N–H and O–H groups in total. The lowest BCUT2D eigenvalue weighted by Crippen LogP contribution is -2.27. The van der Waals surface area contributed by atoms with Crippen molar-refractivity contribution in [2.24, 2.45) is 0 Å². The van der Waals surface area contributed by atoms with Gasteiger partial charge in [0.15, 0.2) is 0 Å². The molecule has 0 saturated heterocycles. The van der Waals surface area contributed by atoms with Crippen LogP contribution in [0.25, 0.3) is 0 Å². The second-order valence-electron chi connectivity index (χ2n) is 9.75. The first kappa shape index (κ1) is 31.2. The number of carbonyl (C=O) groups is 1. The first-order valence-electron chi connectivity index (χ1n) is 14.1. The van der Waals surface area contributed by atoms with Crippen molar-refractivity contribution in [1.82, 2.24) is 4.90 Å². The fourth-order valence-electron chi connectivity index (χ4n) is 4.35. The number of unbranched alkanes of at least 4 members (excludes halogenated alkanes) is 14. The van der Waals surface area contributed by atoms with E-state index < -0.39 is 0 Å². The minimum Gasteiger partial charge on any atom is -0.466 e. The summed E-state index contributed by atoms with van der Waals surface area (Å²) in [7, 11) is 4.53. The number of hydrogen-bond acceptors (Lipinski definition) is 3. The molecule has 0 amide bonds. The molecule has 0 aromatic carbocycles. The molecule has 0 aromatic heterocycles. The van der Waals surface area contributed by atoms with E-state index >= 15 is 0 Å². The summed E-state index contributed by atoms with van der Waals surface area (Å²) in [6.07, 6.45) is 30.4. The van der Waals surface area contributed by atoms with Crippen LogP contribution in [0.3, 0.4) is 0 Å². The second kappa shape index (κ2) is 24.8. The Kier molecular flexibility index (Phi) is 24.2. The largest absolute Gasteiger partial charge is 0.466 e. The van der Waals surface area contributed by atoms with E-state index in [2.05, 4.69) is 38.1 Å². The summed E-state index contributed by atoms with van der Waals surface area (Å²) >= 11 is 0. The molecule has 0 aliphatic rings. The van der Waals surface area contributed by atoms with Gasteiger partial charge in [0.2, 0.25) is 0 Å². The SMILES string of the molecule is CCCCCCCCC(CCCCCCCCC=CCCCCCC(=O)OCC)N(C)C. The Morgan fingerprint density at radius 2 is 1.16 bits per heavy atom. The molecule has 0 bridgehead atoms.